The van der Waals surface area contributed by atoms with Crippen LogP contribution in [0.3, 0.4) is 0 Å². The summed E-state index contributed by atoms with van der Waals surface area (Å²) in [7, 11) is 7.85. The maximum Gasteiger partial charge on any atom is 0.309 e. The zero-order chi connectivity index (χ0) is 20.7. The lowest BCUT2D eigenvalue weighted by Gasteiger charge is -2.25. The Kier molecular flexibility index (Phi) is 7.84. The second-order valence-corrected chi connectivity index (χ2v) is 7.36. The number of anilines is 1. The van der Waals surface area contributed by atoms with Gasteiger partial charge in [-0.3, -0.25) is 9.59 Å². The molecule has 0 unspecified atom stereocenters. The quantitative estimate of drug-likeness (QED) is 0.698. The third-order valence-electron chi connectivity index (χ3n) is 4.48. The van der Waals surface area contributed by atoms with Crippen LogP contribution in [0, 0.1) is 0 Å². The van der Waals surface area contributed by atoms with Crippen molar-refractivity contribution in [2.75, 3.05) is 39.6 Å². The van der Waals surface area contributed by atoms with Gasteiger partial charge in [-0.1, -0.05) is 41.9 Å². The number of carbonyl (C=O) groups is 2. The number of nitrogens with zero attached hydrogens (tertiary/aromatic N) is 2. The monoisotopic (exact) mass is 402 g/mol. The summed E-state index contributed by atoms with van der Waals surface area (Å²) < 4.78 is 0. The first-order chi connectivity index (χ1) is 13.3. The molecule has 2 amide bonds. The third-order valence-corrected chi connectivity index (χ3v) is 4.85. The van der Waals surface area contributed by atoms with E-state index in [0.717, 1.165) is 16.8 Å². The van der Waals surface area contributed by atoms with E-state index in [1.165, 1.54) is 0 Å². The van der Waals surface area contributed by atoms with E-state index in [0.29, 0.717) is 11.6 Å². The van der Waals surface area contributed by atoms with Crippen LogP contribution in [0.1, 0.15) is 17.2 Å². The van der Waals surface area contributed by atoms with Gasteiger partial charge in [-0.25, -0.2) is 0 Å². The number of likely N-dealkylation sites (N-methyl/N-ethyl adjacent to an activating group) is 1. The molecule has 0 aliphatic heterocycles. The Hall–Kier alpha value is -2.57. The van der Waals surface area contributed by atoms with Crippen LogP contribution in [-0.2, 0) is 16.1 Å². The van der Waals surface area contributed by atoms with E-state index in [2.05, 4.69) is 10.6 Å². The molecule has 0 aliphatic carbocycles. The number of benzene rings is 2. The van der Waals surface area contributed by atoms with Gasteiger partial charge < -0.3 is 20.4 Å². The second kappa shape index (κ2) is 10.1. The van der Waals surface area contributed by atoms with E-state index >= 15 is 0 Å². The first-order valence-corrected chi connectivity index (χ1v) is 9.40. The lowest BCUT2D eigenvalue weighted by atomic mass is 10.1. The van der Waals surface area contributed by atoms with Gasteiger partial charge in [-0.05, 0) is 43.4 Å². The molecule has 0 heterocycles. The molecule has 1 atom stereocenters. The van der Waals surface area contributed by atoms with Crippen molar-refractivity contribution >= 4 is 29.1 Å². The number of hydrogen-bond acceptors (Lipinski definition) is 4. The molecule has 2 aromatic rings. The van der Waals surface area contributed by atoms with Gasteiger partial charge in [0.25, 0.3) is 0 Å². The topological polar surface area (TPSA) is 64.7 Å². The van der Waals surface area contributed by atoms with Gasteiger partial charge in [0.15, 0.2) is 0 Å². The minimum atomic E-state index is -0.680. The largest absolute Gasteiger partial charge is 0.378 e. The van der Waals surface area contributed by atoms with Crippen LogP contribution >= 0.6 is 11.6 Å². The lowest BCUT2D eigenvalue weighted by Crippen LogP contribution is -2.42. The fourth-order valence-corrected chi connectivity index (χ4v) is 2.96. The van der Waals surface area contributed by atoms with Crippen molar-refractivity contribution in [3.8, 4) is 0 Å². The van der Waals surface area contributed by atoms with E-state index in [1.54, 1.807) is 12.1 Å². The summed E-state index contributed by atoms with van der Waals surface area (Å²) in [4.78, 5) is 28.3. The molecule has 0 aliphatic rings. The number of halogens is 1. The van der Waals surface area contributed by atoms with Gasteiger partial charge in [-0.15, -0.1) is 0 Å². The Balaban J connectivity index is 1.92. The predicted octanol–water partition coefficient (Wildman–Crippen LogP) is 2.44. The fourth-order valence-electron chi connectivity index (χ4n) is 2.76. The van der Waals surface area contributed by atoms with Crippen LogP contribution in [0.5, 0.6) is 0 Å². The van der Waals surface area contributed by atoms with Crippen molar-refractivity contribution < 1.29 is 9.59 Å². The molecule has 7 heteroatoms. The van der Waals surface area contributed by atoms with Crippen LogP contribution in [0.2, 0.25) is 5.02 Å². The Morgan fingerprint density at radius 1 is 0.929 bits per heavy atom. The smallest absolute Gasteiger partial charge is 0.309 e. The van der Waals surface area contributed by atoms with E-state index < -0.39 is 11.8 Å². The van der Waals surface area contributed by atoms with Crippen LogP contribution in [-0.4, -0.2) is 51.4 Å². The molecule has 6 nitrogen and oxygen atoms in total. The van der Waals surface area contributed by atoms with Crippen LogP contribution < -0.4 is 15.5 Å². The van der Waals surface area contributed by atoms with Crippen molar-refractivity contribution in [3.05, 3.63) is 64.7 Å². The molecule has 150 valence electrons. The molecule has 0 radical (unpaired) electrons. The molecule has 0 saturated heterocycles. The number of hydrogen-bond donors (Lipinski definition) is 2. The molecule has 0 spiro atoms. The van der Waals surface area contributed by atoms with E-state index in [4.69, 9.17) is 11.6 Å². The minimum Gasteiger partial charge on any atom is -0.378 e. The number of rotatable bonds is 7. The summed E-state index contributed by atoms with van der Waals surface area (Å²) in [6.45, 7) is 0.529. The highest BCUT2D eigenvalue weighted by Gasteiger charge is 2.19. The number of nitrogens with one attached hydrogen (secondary N) is 2. The standard InChI is InChI=1S/C21H27ClN4O2/c1-25(2)17-11-9-15(10-12-17)19(26(3)4)14-24-21(28)20(27)23-13-16-7-5-6-8-18(16)22/h5-12,19H,13-14H2,1-4H3,(H,23,27)(H,24,28)/t19-/m0/s1. The summed E-state index contributed by atoms with van der Waals surface area (Å²) >= 11 is 6.06. The fraction of sp³-hybridized carbons (Fsp3) is 0.333. The SMILES string of the molecule is CN(C)c1ccc([C@H](CNC(=O)C(=O)NCc2ccccc2Cl)N(C)C)cc1. The molecule has 2 aromatic carbocycles. The minimum absolute atomic E-state index is 0.0449. The van der Waals surface area contributed by atoms with Crippen LogP contribution in [0.25, 0.3) is 0 Å². The summed E-state index contributed by atoms with van der Waals surface area (Å²) in [6.07, 6.45) is 0. The maximum absolute atomic E-state index is 12.2. The number of carbonyl (C=O) groups excluding carboxylic acids is 2. The first kappa shape index (κ1) is 21.7. The molecule has 2 N–H and O–H groups in total. The molecule has 28 heavy (non-hydrogen) atoms. The molecule has 0 bridgehead atoms. The average molecular weight is 403 g/mol. The summed E-state index contributed by atoms with van der Waals surface area (Å²) in [5.74, 6) is -1.34. The number of amides is 2. The lowest BCUT2D eigenvalue weighted by molar-refractivity contribution is -0.139. The first-order valence-electron chi connectivity index (χ1n) is 9.02. The molecule has 2 rings (SSSR count). The van der Waals surface area contributed by atoms with Crippen molar-refractivity contribution in [1.82, 2.24) is 15.5 Å². The van der Waals surface area contributed by atoms with Gasteiger partial charge in [0, 0.05) is 37.9 Å². The van der Waals surface area contributed by atoms with Crippen molar-refractivity contribution in [2.24, 2.45) is 0 Å². The third kappa shape index (κ3) is 5.97. The zero-order valence-corrected chi connectivity index (χ0v) is 17.5. The van der Waals surface area contributed by atoms with E-state index in [-0.39, 0.29) is 12.6 Å². The summed E-state index contributed by atoms with van der Waals surface area (Å²) in [5.41, 5.74) is 2.93. The Morgan fingerprint density at radius 2 is 1.54 bits per heavy atom. The molecular formula is C21H27ClN4O2. The van der Waals surface area contributed by atoms with Crippen molar-refractivity contribution in [1.29, 1.82) is 0 Å². The van der Waals surface area contributed by atoms with Gasteiger partial charge in [-0.2, -0.15) is 0 Å². The van der Waals surface area contributed by atoms with E-state index in [9.17, 15) is 9.59 Å². The predicted molar refractivity (Wildman–Crippen MR) is 114 cm³/mol. The molecule has 0 fully saturated rings. The van der Waals surface area contributed by atoms with Crippen LogP contribution in [0.4, 0.5) is 5.69 Å². The van der Waals surface area contributed by atoms with Gasteiger partial charge in [0.05, 0.1) is 6.04 Å². The van der Waals surface area contributed by atoms with Crippen LogP contribution in [0.15, 0.2) is 48.5 Å². The highest BCUT2D eigenvalue weighted by Crippen LogP contribution is 2.21. The van der Waals surface area contributed by atoms with Gasteiger partial charge in [0.1, 0.15) is 0 Å². The van der Waals surface area contributed by atoms with Crippen molar-refractivity contribution in [2.45, 2.75) is 12.6 Å². The Bertz CT molecular complexity index is 806. The summed E-state index contributed by atoms with van der Waals surface area (Å²) in [6, 6.07) is 15.3. The Morgan fingerprint density at radius 3 is 2.11 bits per heavy atom. The van der Waals surface area contributed by atoms with Gasteiger partial charge >= 0.3 is 11.8 Å². The highest BCUT2D eigenvalue weighted by atomic mass is 35.5. The molecule has 0 aromatic heterocycles. The van der Waals surface area contributed by atoms with Gasteiger partial charge in [0.2, 0.25) is 0 Å². The average Bonchev–Trinajstić information content (AvgIpc) is 2.67. The van der Waals surface area contributed by atoms with E-state index in [1.807, 2.05) is 74.4 Å². The normalized spacial score (nSPS) is 11.8. The summed E-state index contributed by atoms with van der Waals surface area (Å²) in [5, 5.41) is 5.87. The Labute approximate surface area is 171 Å². The zero-order valence-electron chi connectivity index (χ0n) is 16.7. The maximum atomic E-state index is 12.2. The second-order valence-electron chi connectivity index (χ2n) is 6.95. The molecule has 0 saturated carbocycles. The molecular weight excluding hydrogens is 376 g/mol. The highest BCUT2D eigenvalue weighted by molar-refractivity contribution is 6.35. The van der Waals surface area contributed by atoms with Crippen molar-refractivity contribution in [3.63, 3.8) is 0 Å².